The molecule has 0 radical (unpaired) electrons. The van der Waals surface area contributed by atoms with E-state index in [1.807, 2.05) is 0 Å². The molecule has 0 saturated carbocycles. The average Bonchev–Trinajstić information content (AvgIpc) is 2.45. The molecular formula is C18H32N2. The summed E-state index contributed by atoms with van der Waals surface area (Å²) in [5, 5.41) is 3.70. The lowest BCUT2D eigenvalue weighted by molar-refractivity contribution is 0.224. The first-order chi connectivity index (χ1) is 9.49. The molecule has 114 valence electrons. The van der Waals surface area contributed by atoms with Gasteiger partial charge in [-0.1, -0.05) is 32.0 Å². The summed E-state index contributed by atoms with van der Waals surface area (Å²) in [6, 6.07) is 7.92. The standard InChI is InChI=1S/C18H32N2/c1-7-11-19-18(13-20(6)16(5)8-2)17-10-9-14(3)15(4)12-17/h9-10,12,16,18-19H,7-8,11,13H2,1-6H3. The van der Waals surface area contributed by atoms with Crippen LogP contribution in [-0.2, 0) is 0 Å². The van der Waals surface area contributed by atoms with E-state index in [2.05, 4.69) is 70.1 Å². The van der Waals surface area contributed by atoms with Crippen molar-refractivity contribution in [3.63, 3.8) is 0 Å². The van der Waals surface area contributed by atoms with Gasteiger partial charge in [0.05, 0.1) is 0 Å². The molecular weight excluding hydrogens is 244 g/mol. The molecule has 1 aromatic rings. The molecule has 20 heavy (non-hydrogen) atoms. The molecule has 0 aromatic heterocycles. The quantitative estimate of drug-likeness (QED) is 0.770. The van der Waals surface area contributed by atoms with Gasteiger partial charge in [0.1, 0.15) is 0 Å². The Balaban J connectivity index is 2.84. The van der Waals surface area contributed by atoms with Gasteiger partial charge in [-0.25, -0.2) is 0 Å². The van der Waals surface area contributed by atoms with Crippen molar-refractivity contribution in [2.75, 3.05) is 20.1 Å². The van der Waals surface area contributed by atoms with Crippen LogP contribution in [0.15, 0.2) is 18.2 Å². The molecule has 0 bridgehead atoms. The van der Waals surface area contributed by atoms with Gasteiger partial charge in [-0.2, -0.15) is 0 Å². The highest BCUT2D eigenvalue weighted by atomic mass is 15.1. The van der Waals surface area contributed by atoms with Gasteiger partial charge in [-0.05, 0) is 63.9 Å². The molecule has 2 atom stereocenters. The van der Waals surface area contributed by atoms with Crippen LogP contribution in [0.25, 0.3) is 0 Å². The summed E-state index contributed by atoms with van der Waals surface area (Å²) in [4.78, 5) is 2.46. The maximum atomic E-state index is 3.70. The Labute approximate surface area is 125 Å². The Morgan fingerprint density at radius 3 is 2.40 bits per heavy atom. The van der Waals surface area contributed by atoms with Gasteiger partial charge >= 0.3 is 0 Å². The first-order valence-corrected chi connectivity index (χ1v) is 8.00. The number of benzene rings is 1. The third kappa shape index (κ3) is 4.92. The molecule has 2 heteroatoms. The summed E-state index contributed by atoms with van der Waals surface area (Å²) in [6.45, 7) is 13.3. The second-order valence-corrected chi connectivity index (χ2v) is 6.05. The van der Waals surface area contributed by atoms with E-state index in [0.717, 1.165) is 13.1 Å². The number of rotatable bonds is 8. The Bertz CT molecular complexity index is 400. The second-order valence-electron chi connectivity index (χ2n) is 6.05. The summed E-state index contributed by atoms with van der Waals surface area (Å²) in [6.07, 6.45) is 2.37. The monoisotopic (exact) mass is 276 g/mol. The number of nitrogens with one attached hydrogen (secondary N) is 1. The minimum atomic E-state index is 0.424. The fourth-order valence-corrected chi connectivity index (χ4v) is 2.37. The van der Waals surface area contributed by atoms with E-state index in [4.69, 9.17) is 0 Å². The largest absolute Gasteiger partial charge is 0.309 e. The van der Waals surface area contributed by atoms with Crippen LogP contribution < -0.4 is 5.32 Å². The highest BCUT2D eigenvalue weighted by Crippen LogP contribution is 2.19. The molecule has 1 N–H and O–H groups in total. The summed E-state index contributed by atoms with van der Waals surface area (Å²) < 4.78 is 0. The summed E-state index contributed by atoms with van der Waals surface area (Å²) in [5.41, 5.74) is 4.17. The van der Waals surface area contributed by atoms with Crippen LogP contribution in [0.5, 0.6) is 0 Å². The van der Waals surface area contributed by atoms with Crippen molar-refractivity contribution in [2.24, 2.45) is 0 Å². The zero-order valence-electron chi connectivity index (χ0n) is 14.2. The zero-order valence-corrected chi connectivity index (χ0v) is 14.2. The van der Waals surface area contributed by atoms with E-state index in [-0.39, 0.29) is 0 Å². The van der Waals surface area contributed by atoms with E-state index < -0.39 is 0 Å². The predicted octanol–water partition coefficient (Wildman–Crippen LogP) is 4.07. The second kappa shape index (κ2) is 8.43. The summed E-state index contributed by atoms with van der Waals surface area (Å²) in [5.74, 6) is 0. The lowest BCUT2D eigenvalue weighted by atomic mass is 10.00. The Morgan fingerprint density at radius 1 is 1.15 bits per heavy atom. The Hall–Kier alpha value is -0.860. The van der Waals surface area contributed by atoms with Gasteiger partial charge < -0.3 is 10.2 Å². The van der Waals surface area contributed by atoms with Crippen molar-refractivity contribution in [1.29, 1.82) is 0 Å². The molecule has 0 fully saturated rings. The highest BCUT2D eigenvalue weighted by molar-refractivity contribution is 5.32. The van der Waals surface area contributed by atoms with Gasteiger partial charge in [0, 0.05) is 18.6 Å². The number of nitrogens with zero attached hydrogens (tertiary/aromatic N) is 1. The fourth-order valence-electron chi connectivity index (χ4n) is 2.37. The molecule has 0 spiro atoms. The molecule has 1 rings (SSSR count). The van der Waals surface area contributed by atoms with E-state index >= 15 is 0 Å². The molecule has 2 unspecified atom stereocenters. The van der Waals surface area contributed by atoms with Crippen LogP contribution in [-0.4, -0.2) is 31.1 Å². The number of likely N-dealkylation sites (N-methyl/N-ethyl adjacent to an activating group) is 1. The molecule has 1 aromatic carbocycles. The summed E-state index contributed by atoms with van der Waals surface area (Å²) >= 11 is 0. The predicted molar refractivity (Wildman–Crippen MR) is 89.3 cm³/mol. The van der Waals surface area contributed by atoms with E-state index in [0.29, 0.717) is 12.1 Å². The lowest BCUT2D eigenvalue weighted by Gasteiger charge is -2.29. The van der Waals surface area contributed by atoms with Gasteiger partial charge in [0.15, 0.2) is 0 Å². The first kappa shape index (κ1) is 17.2. The van der Waals surface area contributed by atoms with Crippen LogP contribution in [0.2, 0.25) is 0 Å². The van der Waals surface area contributed by atoms with Crippen molar-refractivity contribution in [3.05, 3.63) is 34.9 Å². The smallest absolute Gasteiger partial charge is 0.0449 e. The van der Waals surface area contributed by atoms with Crippen molar-refractivity contribution in [1.82, 2.24) is 10.2 Å². The topological polar surface area (TPSA) is 15.3 Å². The number of aryl methyl sites for hydroxylation is 2. The van der Waals surface area contributed by atoms with Crippen molar-refractivity contribution in [3.8, 4) is 0 Å². The van der Waals surface area contributed by atoms with Crippen LogP contribution in [0.1, 0.15) is 56.3 Å². The fraction of sp³-hybridized carbons (Fsp3) is 0.667. The SMILES string of the molecule is CCCNC(CN(C)C(C)CC)c1ccc(C)c(C)c1. The van der Waals surface area contributed by atoms with Gasteiger partial charge in [-0.3, -0.25) is 0 Å². The van der Waals surface area contributed by atoms with E-state index in [1.165, 1.54) is 29.5 Å². The van der Waals surface area contributed by atoms with Gasteiger partial charge in [0.2, 0.25) is 0 Å². The molecule has 0 heterocycles. The van der Waals surface area contributed by atoms with Gasteiger partial charge in [-0.15, -0.1) is 0 Å². The van der Waals surface area contributed by atoms with Crippen LogP contribution in [0.4, 0.5) is 0 Å². The number of hydrogen-bond donors (Lipinski definition) is 1. The van der Waals surface area contributed by atoms with Crippen LogP contribution >= 0.6 is 0 Å². The maximum Gasteiger partial charge on any atom is 0.0449 e. The van der Waals surface area contributed by atoms with Crippen LogP contribution in [0, 0.1) is 13.8 Å². The molecule has 0 aliphatic carbocycles. The van der Waals surface area contributed by atoms with Crippen molar-refractivity contribution < 1.29 is 0 Å². The molecule has 0 aliphatic rings. The normalized spacial score (nSPS) is 14.6. The molecule has 2 nitrogen and oxygen atoms in total. The first-order valence-electron chi connectivity index (χ1n) is 8.00. The minimum Gasteiger partial charge on any atom is -0.309 e. The highest BCUT2D eigenvalue weighted by Gasteiger charge is 2.16. The van der Waals surface area contributed by atoms with E-state index in [9.17, 15) is 0 Å². The lowest BCUT2D eigenvalue weighted by Crippen LogP contribution is -2.37. The minimum absolute atomic E-state index is 0.424. The third-order valence-electron chi connectivity index (χ3n) is 4.39. The van der Waals surface area contributed by atoms with Crippen molar-refractivity contribution >= 4 is 0 Å². The van der Waals surface area contributed by atoms with Gasteiger partial charge in [0.25, 0.3) is 0 Å². The molecule has 0 amide bonds. The maximum absolute atomic E-state index is 3.70. The number of hydrogen-bond acceptors (Lipinski definition) is 2. The third-order valence-corrected chi connectivity index (χ3v) is 4.39. The Morgan fingerprint density at radius 2 is 1.85 bits per heavy atom. The average molecular weight is 276 g/mol. The Kier molecular flexibility index (Phi) is 7.25. The summed E-state index contributed by atoms with van der Waals surface area (Å²) in [7, 11) is 2.23. The van der Waals surface area contributed by atoms with E-state index in [1.54, 1.807) is 0 Å². The molecule has 0 saturated heterocycles. The van der Waals surface area contributed by atoms with Crippen LogP contribution in [0.3, 0.4) is 0 Å². The zero-order chi connectivity index (χ0) is 15.1. The molecule has 0 aliphatic heterocycles. The van der Waals surface area contributed by atoms with Crippen molar-refractivity contribution in [2.45, 2.75) is 59.5 Å².